The number of carbonyl (C=O) groups excluding carboxylic acids is 1. The standard InChI is InChI=1S/C11H15NO.C9H13N.C8H11ClN2.C8H10ClN.C7H12N2/c1-8(2)9-6-4-5-7-10(9)11(13)12-3;1-7(2)9-5-4-6-10-8(9)3;1-5(2)6-3-4-11-8(10)7(6)9;1-6(2)7-3-4-10-5-8(7)9;1-6(2)7-8-4-5-9(7)3/h4-8H,1-3H3,(H,12,13);4-7H,1-3H3;3-5H,1-2H3,(H2,10,11);3-6H,1-2H3;4-6H,1-3H3. The van der Waals surface area contributed by atoms with Crippen LogP contribution in [0.1, 0.15) is 143 Å². The van der Waals surface area contributed by atoms with Crippen LogP contribution in [-0.2, 0) is 7.05 Å². The Morgan fingerprint density at radius 3 is 1.66 bits per heavy atom. The summed E-state index contributed by atoms with van der Waals surface area (Å²) in [6.07, 6.45) is 10.8. The van der Waals surface area contributed by atoms with E-state index >= 15 is 0 Å². The highest BCUT2D eigenvalue weighted by Gasteiger charge is 2.11. The molecule has 0 aliphatic heterocycles. The number of rotatable bonds is 6. The summed E-state index contributed by atoms with van der Waals surface area (Å²) in [5, 5.41) is 3.98. The molecule has 0 fully saturated rings. The number of hydrogen-bond donors (Lipinski definition) is 2. The van der Waals surface area contributed by atoms with Crippen molar-refractivity contribution in [3.05, 3.63) is 135 Å². The Morgan fingerprint density at radius 1 is 0.679 bits per heavy atom. The van der Waals surface area contributed by atoms with Gasteiger partial charge < -0.3 is 15.6 Å². The number of nitrogens with zero attached hydrogens (tertiary/aromatic N) is 5. The molecule has 3 N–H and O–H groups in total. The number of nitrogen functional groups attached to an aromatic ring is 1. The molecule has 1 amide bonds. The van der Waals surface area contributed by atoms with Gasteiger partial charge in [-0.2, -0.15) is 0 Å². The molecule has 4 aromatic heterocycles. The summed E-state index contributed by atoms with van der Waals surface area (Å²) in [7, 11) is 3.67. The molecule has 0 radical (unpaired) electrons. The number of carbonyl (C=O) groups is 1. The zero-order chi connectivity index (χ0) is 40.2. The van der Waals surface area contributed by atoms with Gasteiger partial charge in [0.15, 0.2) is 0 Å². The van der Waals surface area contributed by atoms with Gasteiger partial charge >= 0.3 is 0 Å². The van der Waals surface area contributed by atoms with Crippen LogP contribution in [0, 0.1) is 6.92 Å². The number of aromatic nitrogens is 5. The van der Waals surface area contributed by atoms with Crippen molar-refractivity contribution in [2.75, 3.05) is 12.8 Å². The number of pyridine rings is 3. The summed E-state index contributed by atoms with van der Waals surface area (Å²) in [5.41, 5.74) is 12.1. The van der Waals surface area contributed by atoms with Crippen molar-refractivity contribution in [2.45, 2.75) is 106 Å². The molecule has 0 atom stereocenters. The van der Waals surface area contributed by atoms with Crippen LogP contribution in [0.4, 0.5) is 5.82 Å². The molecule has 0 aliphatic rings. The molecule has 5 aromatic rings. The van der Waals surface area contributed by atoms with Crippen molar-refractivity contribution in [1.29, 1.82) is 0 Å². The zero-order valence-corrected chi connectivity index (χ0v) is 35.5. The van der Waals surface area contributed by atoms with E-state index in [9.17, 15) is 4.79 Å². The molecule has 0 bridgehead atoms. The molecule has 0 saturated carbocycles. The average molecular weight is 763 g/mol. The number of aryl methyl sites for hydroxylation is 2. The van der Waals surface area contributed by atoms with Crippen LogP contribution in [0.5, 0.6) is 0 Å². The third-order valence-electron chi connectivity index (χ3n) is 8.09. The second-order valence-corrected chi connectivity index (χ2v) is 14.8. The van der Waals surface area contributed by atoms with Gasteiger partial charge in [-0.3, -0.25) is 14.8 Å². The van der Waals surface area contributed by atoms with Crippen LogP contribution >= 0.6 is 23.2 Å². The molecule has 53 heavy (non-hydrogen) atoms. The number of amides is 1. The van der Waals surface area contributed by atoms with E-state index in [1.165, 1.54) is 5.56 Å². The third-order valence-corrected chi connectivity index (χ3v) is 8.82. The van der Waals surface area contributed by atoms with Crippen molar-refractivity contribution in [3.63, 3.8) is 0 Å². The molecule has 0 saturated heterocycles. The molecular formula is C43H61Cl2N7O. The Morgan fingerprint density at radius 2 is 1.25 bits per heavy atom. The fourth-order valence-corrected chi connectivity index (χ4v) is 5.83. The lowest BCUT2D eigenvalue weighted by molar-refractivity contribution is 0.0961. The molecule has 0 aliphatic carbocycles. The minimum absolute atomic E-state index is 0.00991. The van der Waals surface area contributed by atoms with Crippen molar-refractivity contribution in [1.82, 2.24) is 29.8 Å². The fourth-order valence-electron chi connectivity index (χ4n) is 5.16. The lowest BCUT2D eigenvalue weighted by atomic mass is 9.97. The lowest BCUT2D eigenvalue weighted by Gasteiger charge is -2.10. The van der Waals surface area contributed by atoms with Gasteiger partial charge in [0.05, 0.1) is 10.0 Å². The van der Waals surface area contributed by atoms with Crippen LogP contribution in [0.3, 0.4) is 0 Å². The van der Waals surface area contributed by atoms with Gasteiger partial charge in [0.1, 0.15) is 11.6 Å². The van der Waals surface area contributed by atoms with Gasteiger partial charge in [0.2, 0.25) is 0 Å². The van der Waals surface area contributed by atoms with Gasteiger partial charge in [-0.25, -0.2) is 9.97 Å². The average Bonchev–Trinajstić information content (AvgIpc) is 3.56. The van der Waals surface area contributed by atoms with E-state index in [2.05, 4.69) is 107 Å². The van der Waals surface area contributed by atoms with Crippen molar-refractivity contribution < 1.29 is 4.79 Å². The summed E-state index contributed by atoms with van der Waals surface area (Å²) in [6.45, 7) is 23.2. The second-order valence-electron chi connectivity index (χ2n) is 14.0. The quantitative estimate of drug-likeness (QED) is 0.178. The smallest absolute Gasteiger partial charge is 0.251 e. The molecule has 5 rings (SSSR count). The summed E-state index contributed by atoms with van der Waals surface area (Å²) in [6, 6.07) is 15.7. The van der Waals surface area contributed by atoms with Crippen LogP contribution < -0.4 is 11.1 Å². The Kier molecular flexibility index (Phi) is 21.3. The van der Waals surface area contributed by atoms with E-state index in [4.69, 9.17) is 28.9 Å². The SMILES string of the molecule is CC(C)c1ccnc(N)c1Cl.CC(C)c1ccncc1Cl.CC(C)c1nccn1C.CNC(=O)c1ccccc1C(C)C.Cc1ncccc1C(C)C. The Bertz CT molecular complexity index is 1750. The lowest BCUT2D eigenvalue weighted by Crippen LogP contribution is -2.19. The normalized spacial score (nSPS) is 10.4. The van der Waals surface area contributed by atoms with Gasteiger partial charge in [-0.15, -0.1) is 0 Å². The largest absolute Gasteiger partial charge is 0.382 e. The van der Waals surface area contributed by atoms with Crippen LogP contribution in [-0.4, -0.2) is 37.5 Å². The van der Waals surface area contributed by atoms with Crippen molar-refractivity contribution in [3.8, 4) is 0 Å². The number of benzene rings is 1. The molecular weight excluding hydrogens is 701 g/mol. The predicted octanol–water partition coefficient (Wildman–Crippen LogP) is 11.5. The monoisotopic (exact) mass is 761 g/mol. The highest BCUT2D eigenvalue weighted by Crippen LogP contribution is 2.27. The molecule has 8 nitrogen and oxygen atoms in total. The van der Waals surface area contributed by atoms with E-state index in [1.807, 2.05) is 72.7 Å². The topological polar surface area (TPSA) is 112 Å². The van der Waals surface area contributed by atoms with Gasteiger partial charge in [-0.1, -0.05) is 117 Å². The summed E-state index contributed by atoms with van der Waals surface area (Å²) >= 11 is 11.8. The maximum absolute atomic E-state index is 11.4. The maximum Gasteiger partial charge on any atom is 0.251 e. The molecule has 288 valence electrons. The highest BCUT2D eigenvalue weighted by atomic mass is 35.5. The third kappa shape index (κ3) is 16.1. The maximum atomic E-state index is 11.4. The van der Waals surface area contributed by atoms with E-state index in [0.29, 0.717) is 40.4 Å². The van der Waals surface area contributed by atoms with Gasteiger partial charge in [0.25, 0.3) is 5.91 Å². The molecule has 0 unspecified atom stereocenters. The highest BCUT2D eigenvalue weighted by molar-refractivity contribution is 6.33. The number of halogens is 2. The minimum atomic E-state index is -0.00991. The fraction of sp³-hybridized carbons (Fsp3) is 0.419. The van der Waals surface area contributed by atoms with E-state index in [-0.39, 0.29) is 5.91 Å². The van der Waals surface area contributed by atoms with Gasteiger partial charge in [0, 0.05) is 68.5 Å². The first-order chi connectivity index (χ1) is 24.9. The first-order valence-corrected chi connectivity index (χ1v) is 18.9. The first-order valence-electron chi connectivity index (χ1n) is 18.1. The number of anilines is 1. The molecule has 4 heterocycles. The summed E-state index contributed by atoms with van der Waals surface area (Å²) < 4.78 is 2.05. The van der Waals surface area contributed by atoms with E-state index < -0.39 is 0 Å². The second kappa shape index (κ2) is 24.1. The minimum Gasteiger partial charge on any atom is -0.382 e. The predicted molar refractivity (Wildman–Crippen MR) is 225 cm³/mol. The molecule has 0 spiro atoms. The van der Waals surface area contributed by atoms with Crippen LogP contribution in [0.2, 0.25) is 10.0 Å². The molecule has 10 heteroatoms. The number of nitrogens with two attached hydrogens (primary N) is 1. The Balaban J connectivity index is 0.000000333. The van der Waals surface area contributed by atoms with Crippen molar-refractivity contribution in [2.24, 2.45) is 7.05 Å². The van der Waals surface area contributed by atoms with E-state index in [0.717, 1.165) is 38.8 Å². The summed E-state index contributed by atoms with van der Waals surface area (Å²) in [5.74, 6) is 3.94. The molecule has 1 aromatic carbocycles. The number of imidazole rings is 1. The Hall–Kier alpha value is -4.27. The van der Waals surface area contributed by atoms with Crippen LogP contribution in [0.15, 0.2) is 85.7 Å². The van der Waals surface area contributed by atoms with Crippen LogP contribution in [0.25, 0.3) is 0 Å². The van der Waals surface area contributed by atoms with Gasteiger partial charge in [-0.05, 0) is 77.1 Å². The number of nitrogens with one attached hydrogen (secondary N) is 1. The first kappa shape index (κ1) is 46.8. The summed E-state index contributed by atoms with van der Waals surface area (Å²) in [4.78, 5) is 27.6. The Labute approximate surface area is 329 Å². The van der Waals surface area contributed by atoms with Crippen molar-refractivity contribution >= 4 is 34.9 Å². The zero-order valence-electron chi connectivity index (χ0n) is 33.9. The van der Waals surface area contributed by atoms with E-state index in [1.54, 1.807) is 25.6 Å². The number of hydrogen-bond acceptors (Lipinski definition) is 6.